The molecule has 28 heavy (non-hydrogen) atoms. The largest absolute Gasteiger partial charge is 0.465 e. The summed E-state index contributed by atoms with van der Waals surface area (Å²) in [5.41, 5.74) is 2.36. The van der Waals surface area contributed by atoms with Crippen molar-refractivity contribution < 1.29 is 28.6 Å². The molecule has 0 atom stereocenters. The van der Waals surface area contributed by atoms with E-state index in [1.165, 1.54) is 55.3 Å². The van der Waals surface area contributed by atoms with Gasteiger partial charge in [-0.25, -0.2) is 14.4 Å². The molecular formula is C19H15O6S3. The lowest BCUT2D eigenvalue weighted by Gasteiger charge is -2.12. The van der Waals surface area contributed by atoms with Crippen molar-refractivity contribution in [3.05, 3.63) is 71.6 Å². The number of carbonyl (C=O) groups is 3. The van der Waals surface area contributed by atoms with Crippen LogP contribution in [0.25, 0.3) is 0 Å². The highest BCUT2D eigenvalue weighted by Gasteiger charge is 2.25. The molecule has 145 valence electrons. The number of hydrogen-bond acceptors (Lipinski definition) is 9. The van der Waals surface area contributed by atoms with Crippen molar-refractivity contribution >= 4 is 51.9 Å². The second-order valence-corrected chi connectivity index (χ2v) is 8.18. The standard InChI is InChI=1S/C19H15O6S3/c1-23-17(20)13-4-10(7-26-13)16(11-5-14(27-8-11)18(21)24-2)12-6-15(28-9-12)19(22)25-3/h4-9H,1-3H3. The van der Waals surface area contributed by atoms with E-state index < -0.39 is 17.9 Å². The summed E-state index contributed by atoms with van der Waals surface area (Å²) >= 11 is 3.79. The summed E-state index contributed by atoms with van der Waals surface area (Å²) in [5, 5.41) is 5.52. The monoisotopic (exact) mass is 435 g/mol. The normalized spacial score (nSPS) is 10.7. The highest BCUT2D eigenvalue weighted by Crippen LogP contribution is 2.38. The number of ether oxygens (including phenoxy) is 3. The van der Waals surface area contributed by atoms with Crippen molar-refractivity contribution in [2.75, 3.05) is 21.3 Å². The molecule has 0 spiro atoms. The van der Waals surface area contributed by atoms with Crippen molar-refractivity contribution in [1.29, 1.82) is 0 Å². The fraction of sp³-hybridized carbons (Fsp3) is 0.158. The summed E-state index contributed by atoms with van der Waals surface area (Å²) in [6, 6.07) is 5.20. The van der Waals surface area contributed by atoms with Gasteiger partial charge in [0, 0.05) is 0 Å². The van der Waals surface area contributed by atoms with Gasteiger partial charge in [-0.3, -0.25) is 0 Å². The molecule has 0 aliphatic rings. The summed E-state index contributed by atoms with van der Waals surface area (Å²) in [4.78, 5) is 36.9. The van der Waals surface area contributed by atoms with E-state index in [0.717, 1.165) is 22.6 Å². The molecule has 3 rings (SSSR count). The van der Waals surface area contributed by atoms with E-state index in [9.17, 15) is 14.4 Å². The summed E-state index contributed by atoms with van der Waals surface area (Å²) in [6.07, 6.45) is 0. The van der Waals surface area contributed by atoms with Gasteiger partial charge in [0.1, 0.15) is 14.6 Å². The smallest absolute Gasteiger partial charge is 0.348 e. The molecule has 0 amide bonds. The lowest BCUT2D eigenvalue weighted by molar-refractivity contribution is 0.0597. The zero-order valence-corrected chi connectivity index (χ0v) is 17.6. The second-order valence-electron chi connectivity index (χ2n) is 5.45. The van der Waals surface area contributed by atoms with Gasteiger partial charge in [-0.05, 0) is 51.0 Å². The van der Waals surface area contributed by atoms with Gasteiger partial charge in [-0.1, -0.05) is 0 Å². The lowest BCUT2D eigenvalue weighted by atomic mass is 9.89. The second kappa shape index (κ2) is 8.68. The molecule has 0 unspecified atom stereocenters. The fourth-order valence-corrected chi connectivity index (χ4v) is 4.97. The first-order valence-corrected chi connectivity index (χ1v) is 10.5. The first kappa shape index (κ1) is 20.2. The Kier molecular flexibility index (Phi) is 6.28. The SMILES string of the molecule is COC(=O)c1cc([C](c2csc(C(=O)OC)c2)c2csc(C(=O)OC)c2)cs1. The minimum absolute atomic E-state index is 0.420. The van der Waals surface area contributed by atoms with E-state index in [1.807, 2.05) is 16.1 Å². The molecule has 3 aromatic rings. The maximum atomic E-state index is 11.8. The van der Waals surface area contributed by atoms with Crippen LogP contribution in [-0.2, 0) is 14.2 Å². The average molecular weight is 436 g/mol. The van der Waals surface area contributed by atoms with Crippen LogP contribution < -0.4 is 0 Å². The molecule has 0 N–H and O–H groups in total. The van der Waals surface area contributed by atoms with Gasteiger partial charge in [-0.2, -0.15) is 0 Å². The van der Waals surface area contributed by atoms with Gasteiger partial charge in [0.2, 0.25) is 0 Å². The molecule has 6 nitrogen and oxygen atoms in total. The Morgan fingerprint density at radius 2 is 0.893 bits per heavy atom. The van der Waals surface area contributed by atoms with Gasteiger partial charge in [0.05, 0.1) is 27.2 Å². The summed E-state index contributed by atoms with van der Waals surface area (Å²) < 4.78 is 14.4. The van der Waals surface area contributed by atoms with Crippen LogP contribution in [0.4, 0.5) is 0 Å². The van der Waals surface area contributed by atoms with Gasteiger partial charge >= 0.3 is 17.9 Å². The van der Waals surface area contributed by atoms with E-state index >= 15 is 0 Å². The van der Waals surface area contributed by atoms with E-state index in [-0.39, 0.29) is 0 Å². The molecule has 0 fully saturated rings. The zero-order valence-electron chi connectivity index (χ0n) is 15.1. The number of carbonyl (C=O) groups excluding carboxylic acids is 3. The Hall–Kier alpha value is -2.49. The van der Waals surface area contributed by atoms with Crippen LogP contribution >= 0.6 is 34.0 Å². The van der Waals surface area contributed by atoms with E-state index in [1.54, 1.807) is 18.2 Å². The van der Waals surface area contributed by atoms with Gasteiger partial charge in [-0.15, -0.1) is 34.0 Å². The minimum atomic E-state index is -0.420. The Morgan fingerprint density at radius 1 is 0.607 bits per heavy atom. The van der Waals surface area contributed by atoms with Crippen LogP contribution in [0.5, 0.6) is 0 Å². The Balaban J connectivity index is 2.06. The first-order chi connectivity index (χ1) is 13.5. The van der Waals surface area contributed by atoms with Crippen molar-refractivity contribution in [1.82, 2.24) is 0 Å². The highest BCUT2D eigenvalue weighted by atomic mass is 32.1. The van der Waals surface area contributed by atoms with Crippen LogP contribution in [0.3, 0.4) is 0 Å². The third kappa shape index (κ3) is 4.01. The van der Waals surface area contributed by atoms with Crippen LogP contribution in [0, 0.1) is 5.92 Å². The zero-order chi connectivity index (χ0) is 20.3. The van der Waals surface area contributed by atoms with Gasteiger partial charge < -0.3 is 14.2 Å². The van der Waals surface area contributed by atoms with Crippen LogP contribution in [0.2, 0.25) is 0 Å². The molecule has 0 aromatic carbocycles. The highest BCUT2D eigenvalue weighted by molar-refractivity contribution is 7.13. The Bertz CT molecular complexity index is 883. The number of hydrogen-bond donors (Lipinski definition) is 0. The summed E-state index contributed by atoms with van der Waals surface area (Å²) in [5.74, 6) is -0.464. The van der Waals surface area contributed by atoms with Crippen LogP contribution in [-0.4, -0.2) is 39.2 Å². The predicted molar refractivity (Wildman–Crippen MR) is 108 cm³/mol. The quantitative estimate of drug-likeness (QED) is 0.425. The maximum absolute atomic E-state index is 11.8. The van der Waals surface area contributed by atoms with Gasteiger partial charge in [0.15, 0.2) is 0 Å². The van der Waals surface area contributed by atoms with Gasteiger partial charge in [0.25, 0.3) is 0 Å². The van der Waals surface area contributed by atoms with E-state index in [0.29, 0.717) is 14.6 Å². The molecule has 0 aliphatic carbocycles. The van der Waals surface area contributed by atoms with E-state index in [4.69, 9.17) is 14.2 Å². The summed E-state index contributed by atoms with van der Waals surface area (Å²) in [7, 11) is 3.99. The topological polar surface area (TPSA) is 78.9 Å². The first-order valence-electron chi connectivity index (χ1n) is 7.87. The summed E-state index contributed by atoms with van der Waals surface area (Å²) in [6.45, 7) is 0. The van der Waals surface area contributed by atoms with Crippen LogP contribution in [0.15, 0.2) is 34.3 Å². The van der Waals surface area contributed by atoms with Crippen molar-refractivity contribution in [3.8, 4) is 0 Å². The molecule has 3 heterocycles. The Morgan fingerprint density at radius 3 is 1.14 bits per heavy atom. The molecule has 0 saturated heterocycles. The van der Waals surface area contributed by atoms with Crippen molar-refractivity contribution in [2.24, 2.45) is 0 Å². The molecule has 1 radical (unpaired) electrons. The molecular weight excluding hydrogens is 420 g/mol. The van der Waals surface area contributed by atoms with E-state index in [2.05, 4.69) is 0 Å². The lowest BCUT2D eigenvalue weighted by Crippen LogP contribution is -2.03. The number of rotatable bonds is 6. The number of methoxy groups -OCH3 is 3. The van der Waals surface area contributed by atoms with Crippen molar-refractivity contribution in [2.45, 2.75) is 0 Å². The predicted octanol–water partition coefficient (Wildman–Crippen LogP) is 4.25. The molecule has 0 bridgehead atoms. The minimum Gasteiger partial charge on any atom is -0.465 e. The average Bonchev–Trinajstić information content (AvgIpc) is 3.47. The number of thiophene rings is 3. The fourth-order valence-electron chi connectivity index (χ4n) is 2.52. The molecule has 9 heteroatoms. The third-order valence-corrected chi connectivity index (χ3v) is 6.55. The maximum Gasteiger partial charge on any atom is 0.348 e. The number of esters is 3. The molecule has 0 saturated carbocycles. The molecule has 3 aromatic heterocycles. The molecule has 0 aliphatic heterocycles. The van der Waals surface area contributed by atoms with Crippen molar-refractivity contribution in [3.63, 3.8) is 0 Å². The Labute approximate surface area is 173 Å². The third-order valence-electron chi connectivity index (χ3n) is 3.82. The van der Waals surface area contributed by atoms with Crippen LogP contribution in [0.1, 0.15) is 45.7 Å².